The second-order valence-electron chi connectivity index (χ2n) is 5.48. The lowest BCUT2D eigenvalue weighted by atomic mass is 10.1. The van der Waals surface area contributed by atoms with Gasteiger partial charge < -0.3 is 0 Å². The van der Waals surface area contributed by atoms with E-state index in [1.165, 1.54) is 12.8 Å². The van der Waals surface area contributed by atoms with E-state index < -0.39 is 10.0 Å². The van der Waals surface area contributed by atoms with Crippen LogP contribution in [-0.2, 0) is 10.0 Å². The Morgan fingerprint density at radius 3 is 2.67 bits per heavy atom. The van der Waals surface area contributed by atoms with E-state index in [1.54, 1.807) is 16.4 Å². The molecule has 1 unspecified atom stereocenters. The van der Waals surface area contributed by atoms with Crippen LogP contribution >= 0.6 is 0 Å². The monoisotopic (exact) mass is 265 g/mol. The molecule has 98 valence electrons. The van der Waals surface area contributed by atoms with Gasteiger partial charge in [-0.15, -0.1) is 0 Å². The maximum absolute atomic E-state index is 12.7. The molecule has 0 aromatic heterocycles. The number of aryl methyl sites for hydroxylation is 1. The number of hydrogen-bond donors (Lipinski definition) is 0. The van der Waals surface area contributed by atoms with Crippen LogP contribution in [0.4, 0.5) is 0 Å². The van der Waals surface area contributed by atoms with E-state index in [1.807, 2.05) is 19.1 Å². The van der Waals surface area contributed by atoms with Crippen LogP contribution in [0.15, 0.2) is 29.2 Å². The van der Waals surface area contributed by atoms with Gasteiger partial charge in [0, 0.05) is 12.6 Å². The molecule has 4 heteroatoms. The summed E-state index contributed by atoms with van der Waals surface area (Å²) in [5.74, 6) is 0.618. The summed E-state index contributed by atoms with van der Waals surface area (Å²) in [5, 5.41) is 0. The van der Waals surface area contributed by atoms with Crippen molar-refractivity contribution in [3.8, 4) is 0 Å². The van der Waals surface area contributed by atoms with Gasteiger partial charge in [-0.05, 0) is 56.2 Å². The van der Waals surface area contributed by atoms with Crippen molar-refractivity contribution in [2.45, 2.75) is 43.5 Å². The van der Waals surface area contributed by atoms with Crippen molar-refractivity contribution in [1.82, 2.24) is 4.31 Å². The molecule has 0 amide bonds. The van der Waals surface area contributed by atoms with Crippen LogP contribution in [0.1, 0.15) is 31.2 Å². The Kier molecular flexibility index (Phi) is 2.94. The summed E-state index contributed by atoms with van der Waals surface area (Å²) in [6.07, 6.45) is 4.44. The van der Waals surface area contributed by atoms with Gasteiger partial charge >= 0.3 is 0 Å². The van der Waals surface area contributed by atoms with E-state index in [2.05, 4.69) is 0 Å². The number of benzene rings is 1. The van der Waals surface area contributed by atoms with Crippen LogP contribution in [0.25, 0.3) is 0 Å². The van der Waals surface area contributed by atoms with E-state index in [4.69, 9.17) is 0 Å². The van der Waals surface area contributed by atoms with Crippen molar-refractivity contribution in [2.24, 2.45) is 5.92 Å². The lowest BCUT2D eigenvalue weighted by Gasteiger charge is -2.24. The molecule has 1 atom stereocenters. The fourth-order valence-corrected chi connectivity index (χ4v) is 4.79. The van der Waals surface area contributed by atoms with Gasteiger partial charge in [0.1, 0.15) is 0 Å². The minimum atomic E-state index is -3.28. The molecule has 1 aliphatic heterocycles. The molecule has 0 spiro atoms. The number of rotatable bonds is 3. The standard InChI is InChI=1S/C14H19NO2S/c1-11-4-2-5-13(10-11)18(16,17)15-9-3-6-14(15)12-7-8-12/h2,4-5,10,12,14H,3,6-9H2,1H3. The van der Waals surface area contributed by atoms with Crippen LogP contribution in [-0.4, -0.2) is 25.3 Å². The summed E-state index contributed by atoms with van der Waals surface area (Å²) < 4.78 is 27.1. The molecule has 1 aromatic rings. The lowest BCUT2D eigenvalue weighted by Crippen LogP contribution is -2.36. The first-order valence-corrected chi connectivity index (χ1v) is 8.11. The smallest absolute Gasteiger partial charge is 0.207 e. The average Bonchev–Trinajstić information content (AvgIpc) is 3.06. The van der Waals surface area contributed by atoms with Crippen molar-refractivity contribution in [3.63, 3.8) is 0 Å². The van der Waals surface area contributed by atoms with E-state index in [0.29, 0.717) is 17.4 Å². The molecule has 1 heterocycles. The minimum absolute atomic E-state index is 0.260. The van der Waals surface area contributed by atoms with Gasteiger partial charge in [0.05, 0.1) is 4.90 Å². The van der Waals surface area contributed by atoms with Crippen molar-refractivity contribution in [3.05, 3.63) is 29.8 Å². The molecule has 1 saturated heterocycles. The van der Waals surface area contributed by atoms with Gasteiger partial charge in [-0.1, -0.05) is 12.1 Å². The summed E-state index contributed by atoms with van der Waals surface area (Å²) in [5.41, 5.74) is 0.998. The molecule has 0 N–H and O–H groups in total. The Morgan fingerprint density at radius 2 is 2.00 bits per heavy atom. The predicted octanol–water partition coefficient (Wildman–Crippen LogP) is 2.56. The third kappa shape index (κ3) is 2.08. The molecule has 2 fully saturated rings. The third-order valence-corrected chi connectivity index (χ3v) is 5.93. The first kappa shape index (κ1) is 12.2. The molecule has 1 aliphatic carbocycles. The zero-order valence-electron chi connectivity index (χ0n) is 10.7. The molecule has 18 heavy (non-hydrogen) atoms. The zero-order valence-corrected chi connectivity index (χ0v) is 11.5. The molecule has 2 aliphatic rings. The van der Waals surface area contributed by atoms with E-state index >= 15 is 0 Å². The van der Waals surface area contributed by atoms with E-state index in [-0.39, 0.29) is 6.04 Å². The molecule has 1 saturated carbocycles. The van der Waals surface area contributed by atoms with E-state index in [9.17, 15) is 8.42 Å². The second kappa shape index (κ2) is 4.35. The topological polar surface area (TPSA) is 37.4 Å². The van der Waals surface area contributed by atoms with Gasteiger partial charge in [0.2, 0.25) is 10.0 Å². The maximum atomic E-state index is 12.7. The van der Waals surface area contributed by atoms with Crippen LogP contribution in [0.3, 0.4) is 0 Å². The second-order valence-corrected chi connectivity index (χ2v) is 7.37. The summed E-state index contributed by atoms with van der Waals surface area (Å²) in [7, 11) is -3.28. The van der Waals surface area contributed by atoms with Gasteiger partial charge in [0.25, 0.3) is 0 Å². The van der Waals surface area contributed by atoms with Crippen LogP contribution in [0, 0.1) is 12.8 Å². The highest BCUT2D eigenvalue weighted by molar-refractivity contribution is 7.89. The van der Waals surface area contributed by atoms with Crippen LogP contribution in [0.2, 0.25) is 0 Å². The van der Waals surface area contributed by atoms with Crippen molar-refractivity contribution in [1.29, 1.82) is 0 Å². The quantitative estimate of drug-likeness (QED) is 0.842. The number of hydrogen-bond acceptors (Lipinski definition) is 2. The fraction of sp³-hybridized carbons (Fsp3) is 0.571. The van der Waals surface area contributed by atoms with E-state index in [0.717, 1.165) is 18.4 Å². The number of nitrogens with zero attached hydrogens (tertiary/aromatic N) is 1. The van der Waals surface area contributed by atoms with Gasteiger partial charge in [-0.2, -0.15) is 4.31 Å². The molecular weight excluding hydrogens is 246 g/mol. The molecule has 3 rings (SSSR count). The van der Waals surface area contributed by atoms with Gasteiger partial charge in [-0.3, -0.25) is 0 Å². The summed E-state index contributed by atoms with van der Waals surface area (Å²) in [6.45, 7) is 2.62. The highest BCUT2D eigenvalue weighted by atomic mass is 32.2. The zero-order chi connectivity index (χ0) is 12.8. The third-order valence-electron chi connectivity index (χ3n) is 4.01. The van der Waals surface area contributed by atoms with Gasteiger partial charge in [0.15, 0.2) is 0 Å². The average molecular weight is 265 g/mol. The molecular formula is C14H19NO2S. The van der Waals surface area contributed by atoms with Crippen molar-refractivity contribution >= 4 is 10.0 Å². The van der Waals surface area contributed by atoms with Gasteiger partial charge in [-0.25, -0.2) is 8.42 Å². The SMILES string of the molecule is Cc1cccc(S(=O)(=O)N2CCCC2C2CC2)c1. The first-order valence-electron chi connectivity index (χ1n) is 6.67. The minimum Gasteiger partial charge on any atom is -0.207 e. The largest absolute Gasteiger partial charge is 0.243 e. The molecule has 0 radical (unpaired) electrons. The Bertz CT molecular complexity index is 549. The normalized spacial score (nSPS) is 25.5. The highest BCUT2D eigenvalue weighted by Crippen LogP contribution is 2.42. The van der Waals surface area contributed by atoms with Crippen molar-refractivity contribution in [2.75, 3.05) is 6.54 Å². The maximum Gasteiger partial charge on any atom is 0.243 e. The highest BCUT2D eigenvalue weighted by Gasteiger charge is 2.43. The predicted molar refractivity (Wildman–Crippen MR) is 70.8 cm³/mol. The van der Waals surface area contributed by atoms with Crippen LogP contribution < -0.4 is 0 Å². The first-order chi connectivity index (χ1) is 8.59. The Hall–Kier alpha value is -0.870. The van der Waals surface area contributed by atoms with Crippen molar-refractivity contribution < 1.29 is 8.42 Å². The summed E-state index contributed by atoms with van der Waals surface area (Å²) in [6, 6.07) is 7.50. The Morgan fingerprint density at radius 1 is 1.22 bits per heavy atom. The summed E-state index contributed by atoms with van der Waals surface area (Å²) >= 11 is 0. The molecule has 1 aromatic carbocycles. The Labute approximate surface area is 109 Å². The molecule has 3 nitrogen and oxygen atoms in total. The van der Waals surface area contributed by atoms with Crippen LogP contribution in [0.5, 0.6) is 0 Å². The summed E-state index contributed by atoms with van der Waals surface area (Å²) in [4.78, 5) is 0.454. The Balaban J connectivity index is 1.94. The molecule has 0 bridgehead atoms. The number of sulfonamides is 1. The fourth-order valence-electron chi connectivity index (χ4n) is 2.93. The lowest BCUT2D eigenvalue weighted by molar-refractivity contribution is 0.356.